The van der Waals surface area contributed by atoms with Gasteiger partial charge in [0, 0.05) is 6.54 Å². The van der Waals surface area contributed by atoms with Crippen molar-refractivity contribution < 1.29 is 4.79 Å². The van der Waals surface area contributed by atoms with Crippen molar-refractivity contribution >= 4 is 5.91 Å². The number of piperazine rings is 1. The lowest BCUT2D eigenvalue weighted by Gasteiger charge is -2.44. The maximum Gasteiger partial charge on any atom is 0.236 e. The van der Waals surface area contributed by atoms with Crippen LogP contribution in [0.4, 0.5) is 0 Å². The number of nitrogens with one attached hydrogen (secondary N) is 1. The zero-order valence-electron chi connectivity index (χ0n) is 9.93. The van der Waals surface area contributed by atoms with Crippen LogP contribution in [0.5, 0.6) is 0 Å². The molecule has 0 saturated carbocycles. The van der Waals surface area contributed by atoms with E-state index in [4.69, 9.17) is 0 Å². The molecule has 1 aromatic rings. The predicted molar refractivity (Wildman–Crippen MR) is 66.5 cm³/mol. The van der Waals surface area contributed by atoms with Crippen molar-refractivity contribution in [3.05, 3.63) is 35.9 Å². The zero-order valence-corrected chi connectivity index (χ0v) is 9.93. The van der Waals surface area contributed by atoms with Crippen LogP contribution in [0.1, 0.15) is 30.9 Å². The Labute approximate surface area is 102 Å². The Bertz CT molecular complexity index is 404. The van der Waals surface area contributed by atoms with E-state index in [1.807, 2.05) is 6.07 Å². The van der Waals surface area contributed by atoms with E-state index in [0.29, 0.717) is 18.6 Å². The largest absolute Gasteiger partial charge is 0.337 e. The van der Waals surface area contributed by atoms with Gasteiger partial charge in [0.15, 0.2) is 0 Å². The second-order valence-electron chi connectivity index (χ2n) is 4.92. The van der Waals surface area contributed by atoms with E-state index in [1.54, 1.807) is 0 Å². The molecule has 2 heterocycles. The van der Waals surface area contributed by atoms with Crippen molar-refractivity contribution in [1.29, 1.82) is 0 Å². The topological polar surface area (TPSA) is 32.3 Å². The van der Waals surface area contributed by atoms with Gasteiger partial charge in [-0.1, -0.05) is 30.3 Å². The molecule has 1 aromatic carbocycles. The van der Waals surface area contributed by atoms with Crippen LogP contribution in [-0.4, -0.2) is 29.9 Å². The number of amides is 1. The summed E-state index contributed by atoms with van der Waals surface area (Å²) in [5, 5.41) is 3.39. The molecule has 3 rings (SSSR count). The number of nitrogens with zero attached hydrogens (tertiary/aromatic N) is 1. The summed E-state index contributed by atoms with van der Waals surface area (Å²) in [6.45, 7) is 1.42. The molecule has 1 amide bonds. The molecule has 0 bridgehead atoms. The molecule has 2 aliphatic heterocycles. The van der Waals surface area contributed by atoms with Crippen molar-refractivity contribution in [3.63, 3.8) is 0 Å². The first-order chi connectivity index (χ1) is 8.36. The first-order valence-electron chi connectivity index (χ1n) is 6.44. The molecular formula is C14H18N2O. The minimum atomic E-state index is 0.266. The molecule has 17 heavy (non-hydrogen) atoms. The molecule has 2 aliphatic rings. The Kier molecular flexibility index (Phi) is 2.85. The van der Waals surface area contributed by atoms with E-state index in [1.165, 1.54) is 12.0 Å². The predicted octanol–water partition coefficient (Wildman–Crippen LogP) is 1.71. The molecule has 2 atom stereocenters. The summed E-state index contributed by atoms with van der Waals surface area (Å²) in [7, 11) is 0. The Morgan fingerprint density at radius 1 is 1.18 bits per heavy atom. The maximum absolute atomic E-state index is 11.9. The monoisotopic (exact) mass is 230 g/mol. The van der Waals surface area contributed by atoms with Crippen molar-refractivity contribution in [3.8, 4) is 0 Å². The second kappa shape index (κ2) is 4.49. The van der Waals surface area contributed by atoms with Gasteiger partial charge in [-0.3, -0.25) is 10.1 Å². The van der Waals surface area contributed by atoms with Gasteiger partial charge in [0.05, 0.1) is 18.6 Å². The third-order valence-electron chi connectivity index (χ3n) is 3.89. The van der Waals surface area contributed by atoms with Crippen LogP contribution in [0.2, 0.25) is 0 Å². The zero-order chi connectivity index (χ0) is 11.7. The Hall–Kier alpha value is -1.35. The summed E-state index contributed by atoms with van der Waals surface area (Å²) in [5.41, 5.74) is 1.30. The lowest BCUT2D eigenvalue weighted by molar-refractivity contribution is -0.138. The quantitative estimate of drug-likeness (QED) is 0.796. The number of piperidine rings is 1. The van der Waals surface area contributed by atoms with Crippen molar-refractivity contribution in [2.24, 2.45) is 0 Å². The molecule has 0 spiro atoms. The lowest BCUT2D eigenvalue weighted by Crippen LogP contribution is -2.57. The number of rotatable bonds is 1. The normalized spacial score (nSPS) is 28.9. The summed E-state index contributed by atoms with van der Waals surface area (Å²) >= 11 is 0. The SMILES string of the molecule is O=C1CNC(c2ccccc2)C2CCCCN12. The van der Waals surface area contributed by atoms with Crippen LogP contribution in [-0.2, 0) is 4.79 Å². The van der Waals surface area contributed by atoms with Gasteiger partial charge in [0.25, 0.3) is 0 Å². The Morgan fingerprint density at radius 2 is 2.00 bits per heavy atom. The molecule has 2 unspecified atom stereocenters. The molecule has 0 aromatic heterocycles. The van der Waals surface area contributed by atoms with Crippen LogP contribution in [0.15, 0.2) is 30.3 Å². The molecule has 90 valence electrons. The van der Waals surface area contributed by atoms with Crippen LogP contribution in [0, 0.1) is 0 Å². The van der Waals surface area contributed by atoms with E-state index in [2.05, 4.69) is 34.5 Å². The highest BCUT2D eigenvalue weighted by Gasteiger charge is 2.37. The van der Waals surface area contributed by atoms with E-state index >= 15 is 0 Å². The van der Waals surface area contributed by atoms with Gasteiger partial charge in [-0.05, 0) is 24.8 Å². The number of hydrogen-bond donors (Lipinski definition) is 1. The molecule has 2 saturated heterocycles. The minimum absolute atomic E-state index is 0.266. The third kappa shape index (κ3) is 1.95. The van der Waals surface area contributed by atoms with E-state index < -0.39 is 0 Å². The number of carbonyl (C=O) groups excluding carboxylic acids is 1. The number of benzene rings is 1. The average Bonchev–Trinajstić information content (AvgIpc) is 2.41. The summed E-state index contributed by atoms with van der Waals surface area (Å²) in [4.78, 5) is 13.9. The standard InChI is InChI=1S/C14H18N2O/c17-13-10-15-14(11-6-2-1-3-7-11)12-8-4-5-9-16(12)13/h1-3,6-7,12,14-15H,4-5,8-10H2. The molecule has 2 fully saturated rings. The maximum atomic E-state index is 11.9. The van der Waals surface area contributed by atoms with E-state index in [9.17, 15) is 4.79 Å². The molecule has 3 heteroatoms. The average molecular weight is 230 g/mol. The molecule has 0 radical (unpaired) electrons. The van der Waals surface area contributed by atoms with Crippen molar-refractivity contribution in [1.82, 2.24) is 10.2 Å². The van der Waals surface area contributed by atoms with Gasteiger partial charge < -0.3 is 4.90 Å². The lowest BCUT2D eigenvalue weighted by atomic mass is 9.89. The van der Waals surface area contributed by atoms with Crippen molar-refractivity contribution in [2.75, 3.05) is 13.1 Å². The summed E-state index contributed by atoms with van der Waals surface area (Å²) in [6, 6.07) is 11.2. The van der Waals surface area contributed by atoms with Gasteiger partial charge in [-0.2, -0.15) is 0 Å². The summed E-state index contributed by atoms with van der Waals surface area (Å²) in [6.07, 6.45) is 3.52. The third-order valence-corrected chi connectivity index (χ3v) is 3.89. The van der Waals surface area contributed by atoms with Gasteiger partial charge in [-0.25, -0.2) is 0 Å². The summed E-state index contributed by atoms with van der Waals surface area (Å²) < 4.78 is 0. The van der Waals surface area contributed by atoms with Gasteiger partial charge in [0.2, 0.25) is 5.91 Å². The molecule has 3 nitrogen and oxygen atoms in total. The fourth-order valence-corrected chi connectivity index (χ4v) is 3.05. The summed E-state index contributed by atoms with van der Waals surface area (Å²) in [5.74, 6) is 0.266. The van der Waals surface area contributed by atoms with Crippen LogP contribution in [0.3, 0.4) is 0 Å². The Morgan fingerprint density at radius 3 is 2.82 bits per heavy atom. The van der Waals surface area contributed by atoms with Crippen LogP contribution < -0.4 is 5.32 Å². The second-order valence-corrected chi connectivity index (χ2v) is 4.92. The highest BCUT2D eigenvalue weighted by Crippen LogP contribution is 2.30. The smallest absolute Gasteiger partial charge is 0.236 e. The first kappa shape index (κ1) is 10.8. The fourth-order valence-electron chi connectivity index (χ4n) is 3.05. The van der Waals surface area contributed by atoms with Gasteiger partial charge in [-0.15, -0.1) is 0 Å². The van der Waals surface area contributed by atoms with E-state index in [0.717, 1.165) is 19.4 Å². The highest BCUT2D eigenvalue weighted by atomic mass is 16.2. The molecule has 0 aliphatic carbocycles. The fraction of sp³-hybridized carbons (Fsp3) is 0.500. The molecular weight excluding hydrogens is 212 g/mol. The van der Waals surface area contributed by atoms with Crippen LogP contribution in [0.25, 0.3) is 0 Å². The van der Waals surface area contributed by atoms with Gasteiger partial charge >= 0.3 is 0 Å². The van der Waals surface area contributed by atoms with E-state index in [-0.39, 0.29) is 5.91 Å². The van der Waals surface area contributed by atoms with Gasteiger partial charge in [0.1, 0.15) is 0 Å². The number of fused-ring (bicyclic) bond motifs is 1. The number of carbonyl (C=O) groups is 1. The first-order valence-corrected chi connectivity index (χ1v) is 6.44. The highest BCUT2D eigenvalue weighted by molar-refractivity contribution is 5.79. The Balaban J connectivity index is 1.87. The molecule has 1 N–H and O–H groups in total. The minimum Gasteiger partial charge on any atom is -0.337 e. The number of hydrogen-bond acceptors (Lipinski definition) is 2. The van der Waals surface area contributed by atoms with Crippen molar-refractivity contribution in [2.45, 2.75) is 31.3 Å². The van der Waals surface area contributed by atoms with Crippen LogP contribution >= 0.6 is 0 Å².